The summed E-state index contributed by atoms with van der Waals surface area (Å²) >= 11 is 0. The highest BCUT2D eigenvalue weighted by atomic mass is 16.2. The van der Waals surface area contributed by atoms with Gasteiger partial charge in [-0.3, -0.25) is 9.59 Å². The molecule has 0 aromatic heterocycles. The van der Waals surface area contributed by atoms with Crippen LogP contribution in [0.1, 0.15) is 24.0 Å². The molecule has 0 bridgehead atoms. The van der Waals surface area contributed by atoms with E-state index in [2.05, 4.69) is 12.1 Å². The predicted molar refractivity (Wildman–Crippen MR) is 102 cm³/mol. The number of hydrogen-bond acceptors (Lipinski definition) is 2. The number of piperazine rings is 1. The summed E-state index contributed by atoms with van der Waals surface area (Å²) in [5, 5.41) is 0. The summed E-state index contributed by atoms with van der Waals surface area (Å²) in [4.78, 5) is 29.2. The summed E-state index contributed by atoms with van der Waals surface area (Å²) < 4.78 is 0. The lowest BCUT2D eigenvalue weighted by Crippen LogP contribution is -2.59. The fraction of sp³-hybridized carbons (Fsp3) is 0.364. The van der Waals surface area contributed by atoms with Crippen molar-refractivity contribution in [2.24, 2.45) is 5.92 Å². The van der Waals surface area contributed by atoms with Crippen LogP contribution >= 0.6 is 0 Å². The second-order valence-electron chi connectivity index (χ2n) is 7.42. The molecule has 2 aliphatic rings. The zero-order chi connectivity index (χ0) is 18.1. The predicted octanol–water partition coefficient (Wildman–Crippen LogP) is 3.19. The lowest BCUT2D eigenvalue weighted by molar-refractivity contribution is -0.140. The number of rotatable bonds is 4. The van der Waals surface area contributed by atoms with Crippen LogP contribution in [0.2, 0.25) is 0 Å². The first-order valence-electron chi connectivity index (χ1n) is 9.33. The molecule has 2 aromatic rings. The Morgan fingerprint density at radius 1 is 1.04 bits per heavy atom. The first-order chi connectivity index (χ1) is 12.6. The zero-order valence-corrected chi connectivity index (χ0v) is 15.1. The Kier molecular flexibility index (Phi) is 4.49. The average molecular weight is 348 g/mol. The molecule has 134 valence electrons. The van der Waals surface area contributed by atoms with E-state index in [1.54, 1.807) is 0 Å². The van der Waals surface area contributed by atoms with Gasteiger partial charge in [0.25, 0.3) is 0 Å². The first-order valence-corrected chi connectivity index (χ1v) is 9.33. The third-order valence-corrected chi connectivity index (χ3v) is 5.31. The molecule has 0 radical (unpaired) electrons. The molecule has 4 rings (SSSR count). The molecule has 1 aliphatic carbocycles. The maximum absolute atomic E-state index is 12.8. The smallest absolute Gasteiger partial charge is 0.246 e. The highest BCUT2D eigenvalue weighted by Crippen LogP contribution is 2.33. The Labute approximate surface area is 154 Å². The van der Waals surface area contributed by atoms with Crippen molar-refractivity contribution < 1.29 is 9.59 Å². The summed E-state index contributed by atoms with van der Waals surface area (Å²) in [7, 11) is 0. The Morgan fingerprint density at radius 2 is 1.73 bits per heavy atom. The molecule has 1 aliphatic heterocycles. The Bertz CT molecular complexity index is 797. The number of hydrogen-bond donors (Lipinski definition) is 0. The molecule has 4 nitrogen and oxygen atoms in total. The maximum Gasteiger partial charge on any atom is 0.246 e. The fourth-order valence-corrected chi connectivity index (χ4v) is 3.63. The van der Waals surface area contributed by atoms with Crippen molar-refractivity contribution in [2.45, 2.75) is 32.2 Å². The normalized spacial score (nSPS) is 20.3. The van der Waals surface area contributed by atoms with Gasteiger partial charge in [0.05, 0.1) is 6.04 Å². The van der Waals surface area contributed by atoms with Gasteiger partial charge in [-0.1, -0.05) is 48.0 Å². The monoisotopic (exact) mass is 348 g/mol. The largest absolute Gasteiger partial charge is 0.328 e. The number of benzene rings is 2. The van der Waals surface area contributed by atoms with E-state index in [1.807, 2.05) is 59.2 Å². The van der Waals surface area contributed by atoms with Crippen LogP contribution in [0.5, 0.6) is 0 Å². The average Bonchev–Trinajstić information content (AvgIpc) is 3.49. The molecular weight excluding hydrogens is 324 g/mol. The first kappa shape index (κ1) is 16.8. The van der Waals surface area contributed by atoms with Crippen molar-refractivity contribution in [1.29, 1.82) is 0 Å². The van der Waals surface area contributed by atoms with Gasteiger partial charge in [-0.05, 0) is 43.9 Å². The molecule has 1 unspecified atom stereocenters. The van der Waals surface area contributed by atoms with Gasteiger partial charge >= 0.3 is 0 Å². The van der Waals surface area contributed by atoms with Gasteiger partial charge in [-0.15, -0.1) is 0 Å². The molecule has 4 heteroatoms. The van der Waals surface area contributed by atoms with Crippen LogP contribution < -0.4 is 4.90 Å². The van der Waals surface area contributed by atoms with Gasteiger partial charge in [0, 0.05) is 18.2 Å². The minimum atomic E-state index is 0.00663. The van der Waals surface area contributed by atoms with Crippen LogP contribution in [0.3, 0.4) is 0 Å². The van der Waals surface area contributed by atoms with E-state index in [9.17, 15) is 9.59 Å². The van der Waals surface area contributed by atoms with Gasteiger partial charge in [-0.2, -0.15) is 0 Å². The van der Waals surface area contributed by atoms with E-state index >= 15 is 0 Å². The van der Waals surface area contributed by atoms with E-state index in [0.717, 1.165) is 24.9 Å². The SMILES string of the molecule is Cc1ccc(N2CC(Cc3ccccc3)N(C(=O)C3CC3)CC2=O)cc1. The Balaban J connectivity index is 1.59. The molecule has 26 heavy (non-hydrogen) atoms. The molecule has 1 atom stereocenters. The number of anilines is 1. The van der Waals surface area contributed by atoms with Crippen molar-refractivity contribution in [3.05, 3.63) is 65.7 Å². The quantitative estimate of drug-likeness (QED) is 0.851. The summed E-state index contributed by atoms with van der Waals surface area (Å²) in [6.07, 6.45) is 2.70. The number of aryl methyl sites for hydroxylation is 1. The number of nitrogens with zero attached hydrogens (tertiary/aromatic N) is 2. The fourth-order valence-electron chi connectivity index (χ4n) is 3.63. The lowest BCUT2D eigenvalue weighted by Gasteiger charge is -2.41. The van der Waals surface area contributed by atoms with E-state index in [-0.39, 0.29) is 30.3 Å². The van der Waals surface area contributed by atoms with E-state index in [4.69, 9.17) is 0 Å². The van der Waals surface area contributed by atoms with Crippen molar-refractivity contribution >= 4 is 17.5 Å². The maximum atomic E-state index is 12.8. The summed E-state index contributed by atoms with van der Waals surface area (Å²) in [5.41, 5.74) is 3.28. The van der Waals surface area contributed by atoms with Gasteiger partial charge in [0.1, 0.15) is 6.54 Å². The van der Waals surface area contributed by atoms with Crippen LogP contribution in [0.25, 0.3) is 0 Å². The van der Waals surface area contributed by atoms with E-state index in [1.165, 1.54) is 11.1 Å². The van der Waals surface area contributed by atoms with E-state index in [0.29, 0.717) is 6.54 Å². The molecule has 0 N–H and O–H groups in total. The summed E-state index contributed by atoms with van der Waals surface area (Å²) in [6.45, 7) is 2.77. The molecule has 2 amide bonds. The Hall–Kier alpha value is -2.62. The molecular formula is C22H24N2O2. The highest BCUT2D eigenvalue weighted by Gasteiger charge is 2.41. The van der Waals surface area contributed by atoms with Gasteiger partial charge in [0.15, 0.2) is 0 Å². The van der Waals surface area contributed by atoms with Crippen LogP contribution in [0.4, 0.5) is 5.69 Å². The van der Waals surface area contributed by atoms with Crippen LogP contribution in [-0.2, 0) is 16.0 Å². The van der Waals surface area contributed by atoms with Crippen molar-refractivity contribution in [2.75, 3.05) is 18.0 Å². The molecule has 2 aromatic carbocycles. The van der Waals surface area contributed by atoms with Crippen molar-refractivity contribution in [1.82, 2.24) is 4.90 Å². The van der Waals surface area contributed by atoms with Gasteiger partial charge in [0.2, 0.25) is 11.8 Å². The van der Waals surface area contributed by atoms with E-state index < -0.39 is 0 Å². The highest BCUT2D eigenvalue weighted by molar-refractivity contribution is 5.98. The third-order valence-electron chi connectivity index (χ3n) is 5.31. The second kappa shape index (κ2) is 6.94. The minimum absolute atomic E-state index is 0.00663. The number of carbonyl (C=O) groups is 2. The third kappa shape index (κ3) is 3.50. The summed E-state index contributed by atoms with van der Waals surface area (Å²) in [6, 6.07) is 18.3. The van der Waals surface area contributed by atoms with Crippen LogP contribution in [0.15, 0.2) is 54.6 Å². The van der Waals surface area contributed by atoms with Gasteiger partial charge < -0.3 is 9.80 Å². The minimum Gasteiger partial charge on any atom is -0.328 e. The van der Waals surface area contributed by atoms with Crippen molar-refractivity contribution in [3.8, 4) is 0 Å². The molecule has 2 fully saturated rings. The molecule has 1 saturated carbocycles. The number of amides is 2. The van der Waals surface area contributed by atoms with Crippen LogP contribution in [-0.4, -0.2) is 35.8 Å². The Morgan fingerprint density at radius 3 is 2.38 bits per heavy atom. The van der Waals surface area contributed by atoms with Crippen LogP contribution in [0, 0.1) is 12.8 Å². The topological polar surface area (TPSA) is 40.6 Å². The zero-order valence-electron chi connectivity index (χ0n) is 15.1. The molecule has 0 spiro atoms. The lowest BCUT2D eigenvalue weighted by atomic mass is 10.0. The molecule has 1 heterocycles. The second-order valence-corrected chi connectivity index (χ2v) is 7.42. The van der Waals surface area contributed by atoms with Crippen molar-refractivity contribution in [3.63, 3.8) is 0 Å². The standard InChI is InChI=1S/C22H24N2O2/c1-16-7-11-19(12-8-16)23-14-20(13-17-5-3-2-4-6-17)24(15-21(23)25)22(26)18-9-10-18/h2-8,11-12,18,20H,9-10,13-15H2,1H3. The molecule has 1 saturated heterocycles. The van der Waals surface area contributed by atoms with Gasteiger partial charge in [-0.25, -0.2) is 0 Å². The number of carbonyl (C=O) groups excluding carboxylic acids is 2. The summed E-state index contributed by atoms with van der Waals surface area (Å²) in [5.74, 6) is 0.294.